The Morgan fingerprint density at radius 2 is 2.50 bits per heavy atom. The number of carbonyl (C=O) groups is 1. The van der Waals surface area contributed by atoms with Crippen molar-refractivity contribution in [1.29, 1.82) is 0 Å². The number of anilines is 1. The lowest BCUT2D eigenvalue weighted by Gasteiger charge is -2.11. The van der Waals surface area contributed by atoms with Gasteiger partial charge in [-0.05, 0) is 13.3 Å². The van der Waals surface area contributed by atoms with E-state index in [0.29, 0.717) is 5.95 Å². The van der Waals surface area contributed by atoms with Crippen molar-refractivity contribution in [1.82, 2.24) is 14.9 Å². The second-order valence-corrected chi connectivity index (χ2v) is 3.29. The summed E-state index contributed by atoms with van der Waals surface area (Å²) in [6.45, 7) is 4.22. The Hall–Kier alpha value is -1.52. The van der Waals surface area contributed by atoms with Crippen LogP contribution in [-0.2, 0) is 11.3 Å². The number of imidazole rings is 1. The number of hydrogen-bond acceptors (Lipinski definition) is 3. The highest BCUT2D eigenvalue weighted by molar-refractivity contribution is 5.76. The van der Waals surface area contributed by atoms with Gasteiger partial charge in [0.1, 0.15) is 6.54 Å². The third-order valence-electron chi connectivity index (χ3n) is 2.08. The molecule has 1 atom stereocenters. The van der Waals surface area contributed by atoms with E-state index in [2.05, 4.69) is 10.3 Å². The highest BCUT2D eigenvalue weighted by Crippen LogP contribution is 1.98. The van der Waals surface area contributed by atoms with Crippen LogP contribution < -0.4 is 11.1 Å². The molecule has 1 unspecified atom stereocenters. The Labute approximate surface area is 83.3 Å². The normalized spacial score (nSPS) is 12.4. The van der Waals surface area contributed by atoms with Crippen LogP contribution in [0.1, 0.15) is 20.3 Å². The molecule has 1 aromatic heterocycles. The van der Waals surface area contributed by atoms with E-state index in [1.54, 1.807) is 17.0 Å². The van der Waals surface area contributed by atoms with E-state index in [0.717, 1.165) is 6.42 Å². The SMILES string of the molecule is CCC(C)NC(=O)Cn1ccnc1N. The molecular weight excluding hydrogens is 180 g/mol. The summed E-state index contributed by atoms with van der Waals surface area (Å²) in [6, 6.07) is 0.201. The molecule has 0 saturated heterocycles. The zero-order chi connectivity index (χ0) is 10.6. The number of carbonyl (C=O) groups excluding carboxylic acids is 1. The van der Waals surface area contributed by atoms with Crippen molar-refractivity contribution in [3.8, 4) is 0 Å². The average molecular weight is 196 g/mol. The van der Waals surface area contributed by atoms with Crippen LogP contribution in [0.2, 0.25) is 0 Å². The smallest absolute Gasteiger partial charge is 0.240 e. The standard InChI is InChI=1S/C9H16N4O/c1-3-7(2)12-8(14)6-13-5-4-11-9(13)10/h4-5,7H,3,6H2,1-2H3,(H2,10,11)(H,12,14). The van der Waals surface area contributed by atoms with Gasteiger partial charge < -0.3 is 15.6 Å². The molecule has 1 rings (SSSR count). The first-order valence-electron chi connectivity index (χ1n) is 4.69. The monoisotopic (exact) mass is 196 g/mol. The van der Waals surface area contributed by atoms with E-state index in [1.807, 2.05) is 13.8 Å². The summed E-state index contributed by atoms with van der Waals surface area (Å²) in [6.07, 6.45) is 4.18. The van der Waals surface area contributed by atoms with Gasteiger partial charge in [0.2, 0.25) is 11.9 Å². The van der Waals surface area contributed by atoms with Gasteiger partial charge in [0.05, 0.1) is 0 Å². The fourth-order valence-electron chi connectivity index (χ4n) is 1.05. The average Bonchev–Trinajstić information content (AvgIpc) is 2.51. The van der Waals surface area contributed by atoms with Gasteiger partial charge >= 0.3 is 0 Å². The number of rotatable bonds is 4. The third kappa shape index (κ3) is 2.76. The predicted octanol–water partition coefficient (Wildman–Crippen LogP) is 0.380. The van der Waals surface area contributed by atoms with E-state index in [4.69, 9.17) is 5.73 Å². The van der Waals surface area contributed by atoms with Crippen LogP contribution in [0.4, 0.5) is 5.95 Å². The minimum atomic E-state index is -0.0379. The first-order chi connectivity index (χ1) is 6.63. The maximum Gasteiger partial charge on any atom is 0.240 e. The lowest BCUT2D eigenvalue weighted by Crippen LogP contribution is -2.34. The number of nitrogen functional groups attached to an aromatic ring is 1. The molecule has 0 bridgehead atoms. The molecule has 0 fully saturated rings. The molecule has 0 aliphatic rings. The van der Waals surface area contributed by atoms with Crippen LogP contribution in [0.25, 0.3) is 0 Å². The molecule has 0 saturated carbocycles. The van der Waals surface area contributed by atoms with E-state index >= 15 is 0 Å². The van der Waals surface area contributed by atoms with E-state index < -0.39 is 0 Å². The molecule has 14 heavy (non-hydrogen) atoms. The molecule has 0 aliphatic carbocycles. The van der Waals surface area contributed by atoms with Crippen molar-refractivity contribution in [2.45, 2.75) is 32.9 Å². The van der Waals surface area contributed by atoms with Gasteiger partial charge in [-0.2, -0.15) is 0 Å². The number of hydrogen-bond donors (Lipinski definition) is 2. The highest BCUT2D eigenvalue weighted by Gasteiger charge is 2.07. The molecule has 0 spiro atoms. The molecule has 0 radical (unpaired) electrons. The molecule has 1 amide bonds. The second kappa shape index (κ2) is 4.64. The van der Waals surface area contributed by atoms with Crippen molar-refractivity contribution in [3.63, 3.8) is 0 Å². The van der Waals surface area contributed by atoms with Crippen molar-refractivity contribution >= 4 is 11.9 Å². The van der Waals surface area contributed by atoms with Gasteiger partial charge in [-0.1, -0.05) is 6.92 Å². The summed E-state index contributed by atoms with van der Waals surface area (Å²) in [4.78, 5) is 15.2. The molecule has 3 N–H and O–H groups in total. The zero-order valence-electron chi connectivity index (χ0n) is 8.53. The van der Waals surface area contributed by atoms with E-state index in [-0.39, 0.29) is 18.5 Å². The number of amides is 1. The lowest BCUT2D eigenvalue weighted by atomic mass is 10.2. The second-order valence-electron chi connectivity index (χ2n) is 3.29. The number of nitrogens with zero attached hydrogens (tertiary/aromatic N) is 2. The predicted molar refractivity (Wildman–Crippen MR) is 54.5 cm³/mol. The van der Waals surface area contributed by atoms with Gasteiger partial charge in [0, 0.05) is 18.4 Å². The van der Waals surface area contributed by atoms with E-state index in [1.165, 1.54) is 0 Å². The molecule has 5 nitrogen and oxygen atoms in total. The molecule has 1 aromatic rings. The minimum absolute atomic E-state index is 0.0379. The Morgan fingerprint density at radius 1 is 1.79 bits per heavy atom. The molecular formula is C9H16N4O. The van der Waals surface area contributed by atoms with Gasteiger partial charge in [0.25, 0.3) is 0 Å². The fourth-order valence-corrected chi connectivity index (χ4v) is 1.05. The Bertz CT molecular complexity index is 308. The highest BCUT2D eigenvalue weighted by atomic mass is 16.2. The fraction of sp³-hybridized carbons (Fsp3) is 0.556. The maximum atomic E-state index is 11.4. The van der Waals surface area contributed by atoms with Gasteiger partial charge in [0.15, 0.2) is 0 Å². The van der Waals surface area contributed by atoms with Crippen LogP contribution in [0.3, 0.4) is 0 Å². The number of aromatic nitrogens is 2. The van der Waals surface area contributed by atoms with Crippen LogP contribution in [0.5, 0.6) is 0 Å². The first kappa shape index (κ1) is 10.6. The molecule has 78 valence electrons. The lowest BCUT2D eigenvalue weighted by molar-refractivity contribution is -0.122. The largest absolute Gasteiger partial charge is 0.369 e. The maximum absolute atomic E-state index is 11.4. The topological polar surface area (TPSA) is 72.9 Å². The first-order valence-corrected chi connectivity index (χ1v) is 4.69. The summed E-state index contributed by atoms with van der Waals surface area (Å²) in [5.74, 6) is 0.327. The Balaban J connectivity index is 2.45. The number of nitrogens with one attached hydrogen (secondary N) is 1. The Kier molecular flexibility index (Phi) is 3.50. The van der Waals surface area contributed by atoms with Gasteiger partial charge in [-0.3, -0.25) is 4.79 Å². The summed E-state index contributed by atoms with van der Waals surface area (Å²) in [7, 11) is 0. The van der Waals surface area contributed by atoms with Gasteiger partial charge in [-0.15, -0.1) is 0 Å². The molecule has 0 aromatic carbocycles. The van der Waals surface area contributed by atoms with Crippen LogP contribution in [-0.4, -0.2) is 21.5 Å². The summed E-state index contributed by atoms with van der Waals surface area (Å²) >= 11 is 0. The van der Waals surface area contributed by atoms with Crippen LogP contribution in [0, 0.1) is 0 Å². The van der Waals surface area contributed by atoms with Crippen LogP contribution in [0.15, 0.2) is 12.4 Å². The summed E-state index contributed by atoms with van der Waals surface area (Å²) < 4.78 is 1.61. The van der Waals surface area contributed by atoms with E-state index in [9.17, 15) is 4.79 Å². The van der Waals surface area contributed by atoms with Crippen molar-refractivity contribution in [2.75, 3.05) is 5.73 Å². The summed E-state index contributed by atoms with van der Waals surface area (Å²) in [5.41, 5.74) is 5.52. The van der Waals surface area contributed by atoms with Crippen molar-refractivity contribution in [3.05, 3.63) is 12.4 Å². The minimum Gasteiger partial charge on any atom is -0.369 e. The van der Waals surface area contributed by atoms with Crippen molar-refractivity contribution in [2.24, 2.45) is 0 Å². The zero-order valence-corrected chi connectivity index (χ0v) is 8.53. The Morgan fingerprint density at radius 3 is 3.00 bits per heavy atom. The third-order valence-corrected chi connectivity index (χ3v) is 2.08. The van der Waals surface area contributed by atoms with Crippen molar-refractivity contribution < 1.29 is 4.79 Å². The quantitative estimate of drug-likeness (QED) is 0.731. The summed E-state index contributed by atoms with van der Waals surface area (Å²) in [5, 5.41) is 2.85. The van der Waals surface area contributed by atoms with Gasteiger partial charge in [-0.25, -0.2) is 4.98 Å². The van der Waals surface area contributed by atoms with Crippen LogP contribution >= 0.6 is 0 Å². The molecule has 1 heterocycles. The number of nitrogens with two attached hydrogens (primary N) is 1. The molecule has 5 heteroatoms. The molecule has 0 aliphatic heterocycles.